The van der Waals surface area contributed by atoms with E-state index in [-0.39, 0.29) is 49.2 Å². The van der Waals surface area contributed by atoms with Crippen molar-refractivity contribution >= 4 is 44.9 Å². The molecule has 2 aromatic carbocycles. The maximum absolute atomic E-state index is 13.0. The van der Waals surface area contributed by atoms with Gasteiger partial charge in [0, 0.05) is 31.2 Å². The Kier molecular flexibility index (Phi) is 5.69. The zero-order valence-electron chi connectivity index (χ0n) is 16.2. The molecule has 0 spiro atoms. The van der Waals surface area contributed by atoms with Crippen molar-refractivity contribution in [3.63, 3.8) is 0 Å². The van der Waals surface area contributed by atoms with Gasteiger partial charge in [-0.3, -0.25) is 14.4 Å². The van der Waals surface area contributed by atoms with Crippen LogP contribution in [0.5, 0.6) is 5.75 Å². The van der Waals surface area contributed by atoms with E-state index in [0.29, 0.717) is 16.5 Å². The van der Waals surface area contributed by atoms with E-state index in [1.165, 1.54) is 27.4 Å². The second kappa shape index (κ2) is 8.29. The van der Waals surface area contributed by atoms with Gasteiger partial charge in [0.05, 0.1) is 16.1 Å². The van der Waals surface area contributed by atoms with Crippen LogP contribution in [0.25, 0.3) is 0 Å². The van der Waals surface area contributed by atoms with Crippen LogP contribution in [0.1, 0.15) is 10.4 Å². The molecule has 0 bridgehead atoms. The van der Waals surface area contributed by atoms with Crippen molar-refractivity contribution in [2.24, 2.45) is 0 Å². The van der Waals surface area contributed by atoms with Gasteiger partial charge in [0.1, 0.15) is 5.75 Å². The molecule has 2 aliphatic rings. The smallest absolute Gasteiger partial charge is 0.296 e. The number of carbonyl (C=O) groups excluding carboxylic acids is 3. The van der Waals surface area contributed by atoms with E-state index in [9.17, 15) is 22.8 Å². The Morgan fingerprint density at radius 3 is 2.39 bits per heavy atom. The Morgan fingerprint density at radius 2 is 1.71 bits per heavy atom. The lowest BCUT2D eigenvalue weighted by Crippen LogP contribution is -2.51. The summed E-state index contributed by atoms with van der Waals surface area (Å²) in [5, 5.41) is 2.95. The van der Waals surface area contributed by atoms with Gasteiger partial charge in [-0.15, -0.1) is 0 Å². The predicted octanol–water partition coefficient (Wildman–Crippen LogP) is 1.39. The highest BCUT2D eigenvalue weighted by Gasteiger charge is 2.33. The number of sulfonamides is 1. The van der Waals surface area contributed by atoms with E-state index in [1.807, 2.05) is 0 Å². The number of ether oxygens (including phenoxy) is 1. The highest BCUT2D eigenvalue weighted by atomic mass is 35.5. The Labute approximate surface area is 183 Å². The predicted molar refractivity (Wildman–Crippen MR) is 112 cm³/mol. The number of nitrogens with zero attached hydrogens (tertiary/aromatic N) is 2. The molecule has 162 valence electrons. The highest BCUT2D eigenvalue weighted by molar-refractivity contribution is 7.89. The fourth-order valence-corrected chi connectivity index (χ4v) is 4.95. The molecule has 31 heavy (non-hydrogen) atoms. The maximum atomic E-state index is 13.0. The Balaban J connectivity index is 1.37. The average Bonchev–Trinajstić information content (AvgIpc) is 3.06. The Hall–Kier alpha value is -2.95. The van der Waals surface area contributed by atoms with Crippen LogP contribution in [0.4, 0.5) is 5.69 Å². The quantitative estimate of drug-likeness (QED) is 0.670. The molecule has 2 heterocycles. The van der Waals surface area contributed by atoms with Crippen molar-refractivity contribution in [2.45, 2.75) is 4.90 Å². The number of benzene rings is 2. The number of hydrogen-bond donors (Lipinski definition) is 1. The molecule has 0 aliphatic carbocycles. The maximum Gasteiger partial charge on any atom is 0.296 e. The van der Waals surface area contributed by atoms with Gasteiger partial charge in [-0.2, -0.15) is 4.31 Å². The molecule has 1 N–H and O–H groups in total. The first-order valence-electron chi connectivity index (χ1n) is 9.42. The first-order valence-corrected chi connectivity index (χ1v) is 11.2. The molecule has 4 rings (SSSR count). The second-order valence-electron chi connectivity index (χ2n) is 7.02. The van der Waals surface area contributed by atoms with Crippen LogP contribution in [0.3, 0.4) is 0 Å². The summed E-state index contributed by atoms with van der Waals surface area (Å²) in [4.78, 5) is 37.2. The summed E-state index contributed by atoms with van der Waals surface area (Å²) in [7, 11) is -3.87. The number of ketones is 1. The van der Waals surface area contributed by atoms with Crippen LogP contribution < -0.4 is 10.1 Å². The number of rotatable bonds is 5. The largest absolute Gasteiger partial charge is 0.484 e. The molecule has 0 atom stereocenters. The first kappa shape index (κ1) is 21.3. The summed E-state index contributed by atoms with van der Waals surface area (Å²) in [6, 6.07) is 10.6. The van der Waals surface area contributed by atoms with Gasteiger partial charge in [-0.05, 0) is 42.5 Å². The van der Waals surface area contributed by atoms with Gasteiger partial charge in [0.2, 0.25) is 10.0 Å². The van der Waals surface area contributed by atoms with Gasteiger partial charge in [-0.1, -0.05) is 11.6 Å². The van der Waals surface area contributed by atoms with Crippen molar-refractivity contribution < 1.29 is 27.5 Å². The lowest BCUT2D eigenvalue weighted by Gasteiger charge is -2.34. The Morgan fingerprint density at radius 1 is 1.03 bits per heavy atom. The van der Waals surface area contributed by atoms with Crippen LogP contribution in [0.2, 0.25) is 5.02 Å². The average molecular weight is 464 g/mol. The van der Waals surface area contributed by atoms with Crippen molar-refractivity contribution in [1.82, 2.24) is 9.21 Å². The molecular weight excluding hydrogens is 446 g/mol. The normalized spacial score (nSPS) is 16.7. The van der Waals surface area contributed by atoms with E-state index in [1.54, 1.807) is 24.3 Å². The molecule has 0 aromatic heterocycles. The minimum Gasteiger partial charge on any atom is -0.484 e. The molecule has 2 aliphatic heterocycles. The summed E-state index contributed by atoms with van der Waals surface area (Å²) in [5.74, 6) is -1.28. The molecule has 0 radical (unpaired) electrons. The number of amides is 2. The van der Waals surface area contributed by atoms with Gasteiger partial charge < -0.3 is 15.0 Å². The third kappa shape index (κ3) is 4.27. The van der Waals surface area contributed by atoms with E-state index < -0.39 is 21.7 Å². The minimum absolute atomic E-state index is 0.0410. The van der Waals surface area contributed by atoms with E-state index >= 15 is 0 Å². The monoisotopic (exact) mass is 463 g/mol. The molecule has 0 unspecified atom stereocenters. The van der Waals surface area contributed by atoms with Crippen molar-refractivity contribution in [3.8, 4) is 5.75 Å². The van der Waals surface area contributed by atoms with E-state index in [0.717, 1.165) is 0 Å². The SMILES string of the molecule is O=C1Nc2ccc(S(=O)(=O)N3CCN(C(=O)COc4ccc(Cl)cc4)CC3)cc2C1=O. The zero-order valence-corrected chi connectivity index (χ0v) is 17.8. The Bertz CT molecular complexity index is 1160. The minimum atomic E-state index is -3.87. The van der Waals surface area contributed by atoms with Gasteiger partial charge in [0.15, 0.2) is 6.61 Å². The summed E-state index contributed by atoms with van der Waals surface area (Å²) in [6.45, 7) is 0.481. The van der Waals surface area contributed by atoms with Gasteiger partial charge >= 0.3 is 0 Å². The van der Waals surface area contributed by atoms with Crippen LogP contribution in [0.15, 0.2) is 47.4 Å². The fourth-order valence-electron chi connectivity index (χ4n) is 3.38. The molecule has 9 nitrogen and oxygen atoms in total. The number of fused-ring (bicyclic) bond motifs is 1. The van der Waals surface area contributed by atoms with Crippen molar-refractivity contribution in [3.05, 3.63) is 53.1 Å². The van der Waals surface area contributed by atoms with E-state index in [4.69, 9.17) is 16.3 Å². The number of Topliss-reactive ketones (excluding diaryl/α,β-unsaturated/α-hetero) is 1. The topological polar surface area (TPSA) is 113 Å². The summed E-state index contributed by atoms with van der Waals surface area (Å²) in [6.07, 6.45) is 0. The van der Waals surface area contributed by atoms with Crippen LogP contribution in [-0.4, -0.2) is 68.0 Å². The zero-order chi connectivity index (χ0) is 22.2. The summed E-state index contributed by atoms with van der Waals surface area (Å²) < 4.78 is 32.6. The van der Waals surface area contributed by atoms with Crippen LogP contribution >= 0.6 is 11.6 Å². The summed E-state index contributed by atoms with van der Waals surface area (Å²) >= 11 is 5.81. The van der Waals surface area contributed by atoms with Crippen LogP contribution in [0, 0.1) is 0 Å². The lowest BCUT2D eigenvalue weighted by molar-refractivity contribution is -0.134. The number of anilines is 1. The molecule has 11 heteroatoms. The highest BCUT2D eigenvalue weighted by Crippen LogP contribution is 2.27. The molecular formula is C20H18ClN3O6S. The lowest BCUT2D eigenvalue weighted by atomic mass is 10.1. The number of carbonyl (C=O) groups is 3. The molecule has 2 amide bonds. The first-order chi connectivity index (χ1) is 14.8. The number of hydrogen-bond acceptors (Lipinski definition) is 6. The summed E-state index contributed by atoms with van der Waals surface area (Å²) in [5.41, 5.74) is 0.337. The third-order valence-electron chi connectivity index (χ3n) is 5.10. The van der Waals surface area contributed by atoms with Gasteiger partial charge in [-0.25, -0.2) is 8.42 Å². The van der Waals surface area contributed by atoms with E-state index in [2.05, 4.69) is 5.32 Å². The number of nitrogens with one attached hydrogen (secondary N) is 1. The molecule has 1 fully saturated rings. The number of piperazine rings is 1. The third-order valence-corrected chi connectivity index (χ3v) is 7.24. The fraction of sp³-hybridized carbons (Fsp3) is 0.250. The van der Waals surface area contributed by atoms with Crippen LogP contribution in [-0.2, 0) is 19.6 Å². The van der Waals surface area contributed by atoms with Crippen molar-refractivity contribution in [1.29, 1.82) is 0 Å². The number of halogens is 1. The van der Waals surface area contributed by atoms with Crippen molar-refractivity contribution in [2.75, 3.05) is 38.1 Å². The molecule has 2 aromatic rings. The standard InChI is InChI=1S/C20H18ClN3O6S/c21-13-1-3-14(4-2-13)30-12-18(25)23-7-9-24(10-8-23)31(28,29)15-5-6-17-16(11-15)19(26)20(27)22-17/h1-6,11H,7-10,12H2,(H,22,26,27). The molecule has 1 saturated heterocycles. The van der Waals surface area contributed by atoms with Gasteiger partial charge in [0.25, 0.3) is 17.6 Å². The second-order valence-corrected chi connectivity index (χ2v) is 9.39. The molecule has 0 saturated carbocycles.